The summed E-state index contributed by atoms with van der Waals surface area (Å²) in [5.74, 6) is 0.144. The standard InChI is InChI=1S/C24H25F3N6O/c25-24(26,27)19-4-1-3-17(13-19)21-7-8-32(23-18(14-28)15-29-33(21)23)22(34)16-30-9-11-31(12-10-30)20-5-2-6-20/h1,3-4,7,13,15,20H,2,5-6,8-12,16H2. The minimum Gasteiger partial charge on any atom is -0.298 e. The molecule has 0 atom stereocenters. The molecule has 0 spiro atoms. The maximum atomic E-state index is 13.2. The molecular formula is C24H25F3N6O. The molecule has 178 valence electrons. The van der Waals surface area contributed by atoms with Crippen LogP contribution in [0, 0.1) is 11.3 Å². The molecule has 0 N–H and O–H groups in total. The first-order valence-electron chi connectivity index (χ1n) is 11.5. The van der Waals surface area contributed by atoms with E-state index in [1.807, 2.05) is 0 Å². The molecule has 5 rings (SSSR count). The van der Waals surface area contributed by atoms with Crippen molar-refractivity contribution in [2.24, 2.45) is 0 Å². The van der Waals surface area contributed by atoms with Crippen molar-refractivity contribution in [3.05, 3.63) is 53.2 Å². The van der Waals surface area contributed by atoms with Crippen LogP contribution in [0.5, 0.6) is 0 Å². The van der Waals surface area contributed by atoms with Crippen LogP contribution >= 0.6 is 0 Å². The third-order valence-electron chi connectivity index (χ3n) is 6.96. The van der Waals surface area contributed by atoms with E-state index in [0.717, 1.165) is 38.3 Å². The fraction of sp³-hybridized carbons (Fsp3) is 0.458. The molecule has 2 aliphatic heterocycles. The van der Waals surface area contributed by atoms with Crippen LogP contribution < -0.4 is 4.90 Å². The number of amides is 1. The number of nitriles is 1. The van der Waals surface area contributed by atoms with E-state index in [2.05, 4.69) is 21.0 Å². The van der Waals surface area contributed by atoms with Gasteiger partial charge in [-0.2, -0.15) is 23.5 Å². The van der Waals surface area contributed by atoms with Gasteiger partial charge < -0.3 is 0 Å². The van der Waals surface area contributed by atoms with Crippen molar-refractivity contribution in [1.82, 2.24) is 19.6 Å². The Labute approximate surface area is 195 Å². The van der Waals surface area contributed by atoms with Gasteiger partial charge in [0.2, 0.25) is 5.91 Å². The Balaban J connectivity index is 1.35. The number of halogens is 3. The zero-order valence-corrected chi connectivity index (χ0v) is 18.6. The number of benzene rings is 1. The predicted octanol–water partition coefficient (Wildman–Crippen LogP) is 3.18. The second-order valence-corrected chi connectivity index (χ2v) is 8.97. The van der Waals surface area contributed by atoms with E-state index < -0.39 is 11.7 Å². The number of carbonyl (C=O) groups excluding carboxylic acids is 1. The third-order valence-corrected chi connectivity index (χ3v) is 6.96. The second-order valence-electron chi connectivity index (χ2n) is 8.97. The third kappa shape index (κ3) is 4.21. The molecular weight excluding hydrogens is 445 g/mol. The molecule has 34 heavy (non-hydrogen) atoms. The minimum absolute atomic E-state index is 0.158. The summed E-state index contributed by atoms with van der Waals surface area (Å²) in [6.45, 7) is 3.89. The summed E-state index contributed by atoms with van der Waals surface area (Å²) in [6, 6.07) is 7.72. The normalized spacial score (nSPS) is 19.8. The maximum absolute atomic E-state index is 13.2. The molecule has 1 saturated carbocycles. The highest BCUT2D eigenvalue weighted by Crippen LogP contribution is 2.35. The van der Waals surface area contributed by atoms with Crippen LogP contribution in [0.1, 0.15) is 36.0 Å². The van der Waals surface area contributed by atoms with Gasteiger partial charge in [0.15, 0.2) is 5.82 Å². The molecule has 7 nitrogen and oxygen atoms in total. The number of rotatable bonds is 4. The van der Waals surface area contributed by atoms with Gasteiger partial charge in [0.05, 0.1) is 24.0 Å². The second kappa shape index (κ2) is 8.89. The molecule has 1 aliphatic carbocycles. The fourth-order valence-electron chi connectivity index (χ4n) is 4.84. The highest BCUT2D eigenvalue weighted by atomic mass is 19.4. The number of hydrogen-bond donors (Lipinski definition) is 0. The molecule has 1 amide bonds. The lowest BCUT2D eigenvalue weighted by Gasteiger charge is -2.43. The molecule has 0 unspecified atom stereocenters. The molecule has 2 aromatic rings. The van der Waals surface area contributed by atoms with E-state index in [4.69, 9.17) is 0 Å². The summed E-state index contributed by atoms with van der Waals surface area (Å²) in [4.78, 5) is 19.4. The minimum atomic E-state index is -4.47. The number of piperazine rings is 1. The van der Waals surface area contributed by atoms with Crippen LogP contribution in [0.4, 0.5) is 19.0 Å². The summed E-state index contributed by atoms with van der Waals surface area (Å²) in [6.07, 6.45) is 2.37. The van der Waals surface area contributed by atoms with Gasteiger partial charge in [0, 0.05) is 44.3 Å². The monoisotopic (exact) mass is 470 g/mol. The number of carbonyl (C=O) groups is 1. The number of hydrogen-bond acceptors (Lipinski definition) is 5. The predicted molar refractivity (Wildman–Crippen MR) is 120 cm³/mol. The number of fused-ring (bicyclic) bond motifs is 1. The van der Waals surface area contributed by atoms with Crippen molar-refractivity contribution < 1.29 is 18.0 Å². The summed E-state index contributed by atoms with van der Waals surface area (Å²) >= 11 is 0. The van der Waals surface area contributed by atoms with Crippen LogP contribution in [0.3, 0.4) is 0 Å². The SMILES string of the molecule is N#Cc1cnn2c1N(C(=O)CN1CCN(C3CCC3)CC1)CC=C2c1cccc(C(F)(F)F)c1. The highest BCUT2D eigenvalue weighted by Gasteiger charge is 2.34. The Morgan fingerprint density at radius 1 is 1.18 bits per heavy atom. The van der Waals surface area contributed by atoms with Gasteiger partial charge in [-0.05, 0) is 31.1 Å². The fourth-order valence-corrected chi connectivity index (χ4v) is 4.84. The summed E-state index contributed by atoms with van der Waals surface area (Å²) in [7, 11) is 0. The van der Waals surface area contributed by atoms with Crippen LogP contribution in [-0.2, 0) is 11.0 Å². The molecule has 2 fully saturated rings. The molecule has 3 heterocycles. The maximum Gasteiger partial charge on any atom is 0.416 e. The first-order chi connectivity index (χ1) is 16.3. The van der Waals surface area contributed by atoms with Gasteiger partial charge in [-0.3, -0.25) is 19.5 Å². The average Bonchev–Trinajstić information content (AvgIpc) is 3.22. The summed E-state index contributed by atoms with van der Waals surface area (Å²) in [5, 5.41) is 13.8. The van der Waals surface area contributed by atoms with Crippen molar-refractivity contribution in [3.63, 3.8) is 0 Å². The van der Waals surface area contributed by atoms with Crippen molar-refractivity contribution in [3.8, 4) is 6.07 Å². The summed E-state index contributed by atoms with van der Waals surface area (Å²) in [5.41, 5.74) is 0.184. The Bertz CT molecular complexity index is 1150. The Morgan fingerprint density at radius 2 is 1.94 bits per heavy atom. The van der Waals surface area contributed by atoms with Crippen molar-refractivity contribution in [1.29, 1.82) is 5.26 Å². The number of alkyl halides is 3. The quantitative estimate of drug-likeness (QED) is 0.687. The summed E-state index contributed by atoms with van der Waals surface area (Å²) < 4.78 is 41.1. The van der Waals surface area contributed by atoms with Crippen molar-refractivity contribution >= 4 is 17.4 Å². The molecule has 3 aliphatic rings. The van der Waals surface area contributed by atoms with Crippen LogP contribution in [0.2, 0.25) is 0 Å². The average molecular weight is 470 g/mol. The largest absolute Gasteiger partial charge is 0.416 e. The van der Waals surface area contributed by atoms with Gasteiger partial charge in [0.1, 0.15) is 11.6 Å². The smallest absolute Gasteiger partial charge is 0.298 e. The molecule has 0 bridgehead atoms. The number of nitrogens with zero attached hydrogens (tertiary/aromatic N) is 6. The van der Waals surface area contributed by atoms with Crippen molar-refractivity contribution in [2.75, 3.05) is 44.2 Å². The number of anilines is 1. The number of aromatic nitrogens is 2. The Hall–Kier alpha value is -3.16. The molecule has 1 saturated heterocycles. The van der Waals surface area contributed by atoms with E-state index in [1.54, 1.807) is 12.1 Å². The Kier molecular flexibility index (Phi) is 5.91. The topological polar surface area (TPSA) is 68.4 Å². The van der Waals surface area contributed by atoms with Crippen molar-refractivity contribution in [2.45, 2.75) is 31.5 Å². The van der Waals surface area contributed by atoms with E-state index in [9.17, 15) is 23.2 Å². The first-order valence-corrected chi connectivity index (χ1v) is 11.5. The van der Waals surface area contributed by atoms with Crippen LogP contribution in [-0.4, -0.2) is 70.8 Å². The van der Waals surface area contributed by atoms with E-state index in [0.29, 0.717) is 23.1 Å². The lowest BCUT2D eigenvalue weighted by Crippen LogP contribution is -2.54. The zero-order valence-electron chi connectivity index (χ0n) is 18.6. The lowest BCUT2D eigenvalue weighted by molar-refractivity contribution is -0.137. The van der Waals surface area contributed by atoms with Crippen LogP contribution in [0.15, 0.2) is 36.5 Å². The van der Waals surface area contributed by atoms with Gasteiger partial charge in [0.25, 0.3) is 0 Å². The molecule has 10 heteroatoms. The van der Waals surface area contributed by atoms with E-state index >= 15 is 0 Å². The molecule has 1 aromatic carbocycles. The van der Waals surface area contributed by atoms with Gasteiger partial charge in [-0.1, -0.05) is 18.6 Å². The van der Waals surface area contributed by atoms with E-state index in [1.165, 1.54) is 41.1 Å². The molecule has 0 radical (unpaired) electrons. The van der Waals surface area contributed by atoms with Gasteiger partial charge >= 0.3 is 6.18 Å². The lowest BCUT2D eigenvalue weighted by atomic mass is 9.91. The Morgan fingerprint density at radius 3 is 2.59 bits per heavy atom. The van der Waals surface area contributed by atoms with Crippen LogP contribution in [0.25, 0.3) is 5.70 Å². The van der Waals surface area contributed by atoms with Gasteiger partial charge in [-0.15, -0.1) is 0 Å². The highest BCUT2D eigenvalue weighted by molar-refractivity contribution is 5.97. The molecule has 1 aromatic heterocycles. The zero-order chi connectivity index (χ0) is 23.9. The van der Waals surface area contributed by atoms with Gasteiger partial charge in [-0.25, -0.2) is 4.68 Å². The van der Waals surface area contributed by atoms with E-state index in [-0.39, 0.29) is 24.6 Å². The first kappa shape index (κ1) is 22.6.